The minimum atomic E-state index is -5.08. The van der Waals surface area contributed by atoms with Gasteiger partial charge in [0.1, 0.15) is 0 Å². The van der Waals surface area contributed by atoms with Gasteiger partial charge in [0.05, 0.1) is 6.20 Å². The minimum Gasteiger partial charge on any atom is -0.475 e. The van der Waals surface area contributed by atoms with Crippen LogP contribution in [-0.2, 0) is 11.2 Å². The molecule has 1 aromatic carbocycles. The number of alkyl halides is 3. The number of carbonyl (C=O) groups excluding carboxylic acids is 2. The van der Waals surface area contributed by atoms with Crippen molar-refractivity contribution in [3.05, 3.63) is 64.4 Å². The highest BCUT2D eigenvalue weighted by Crippen LogP contribution is 2.33. The molecule has 0 saturated carbocycles. The standard InChI is InChI=1S/C24H27N5O2.C2HF3O2/c1-25-22-13-26-23(27-22)21(30)12-18-10-9-17(11-20(18)16-7-5-4-6-8-16)19-14-28(2)24(31)29(3)15-19;3-2(4,5)1(6)7/h7,9-11,13,19H,4-6,8,12,14-15H2,2-3H3,(H,26,27);(H,6,7). The number of urea groups is 1. The number of carboxylic acid groups (broad SMARTS) is 1. The van der Waals surface area contributed by atoms with Crippen molar-refractivity contribution in [3.8, 4) is 0 Å². The summed E-state index contributed by atoms with van der Waals surface area (Å²) in [7, 11) is 3.67. The lowest BCUT2D eigenvalue weighted by Gasteiger charge is -2.36. The van der Waals surface area contributed by atoms with Crippen LogP contribution in [0.5, 0.6) is 0 Å². The molecular formula is C26H28F3N5O4. The lowest BCUT2D eigenvalue weighted by molar-refractivity contribution is -0.192. The Kier molecular flexibility index (Phi) is 8.93. The fraction of sp³-hybridized carbons (Fsp3) is 0.423. The minimum absolute atomic E-state index is 0.0471. The first-order valence-corrected chi connectivity index (χ1v) is 11.9. The molecule has 0 bridgehead atoms. The van der Waals surface area contributed by atoms with Gasteiger partial charge in [0.25, 0.3) is 0 Å². The molecule has 1 aliphatic carbocycles. The predicted octanol–water partition coefficient (Wildman–Crippen LogP) is 5.06. The van der Waals surface area contributed by atoms with E-state index in [0.717, 1.165) is 30.4 Å². The van der Waals surface area contributed by atoms with E-state index in [0.29, 0.717) is 13.1 Å². The molecule has 0 atom stereocenters. The number of likely N-dealkylation sites (N-methyl/N-ethyl adjacent to an activating group) is 2. The van der Waals surface area contributed by atoms with Crippen LogP contribution in [0.3, 0.4) is 0 Å². The Balaban J connectivity index is 0.000000505. The summed E-state index contributed by atoms with van der Waals surface area (Å²) >= 11 is 0. The molecule has 1 saturated heterocycles. The summed E-state index contributed by atoms with van der Waals surface area (Å²) in [6.07, 6.45) is 3.26. The van der Waals surface area contributed by atoms with E-state index in [9.17, 15) is 22.8 Å². The predicted molar refractivity (Wildman–Crippen MR) is 133 cm³/mol. The first-order valence-electron chi connectivity index (χ1n) is 11.9. The van der Waals surface area contributed by atoms with Crippen LogP contribution < -0.4 is 0 Å². The molecule has 2 aliphatic rings. The molecule has 0 radical (unpaired) electrons. The Hall–Kier alpha value is -4.14. The molecule has 12 heteroatoms. The number of nitrogens with one attached hydrogen (secondary N) is 1. The normalized spacial score (nSPS) is 16.3. The van der Waals surface area contributed by atoms with Gasteiger partial charge in [-0.05, 0) is 47.9 Å². The van der Waals surface area contributed by atoms with E-state index >= 15 is 0 Å². The summed E-state index contributed by atoms with van der Waals surface area (Å²) in [6, 6.07) is 6.40. The van der Waals surface area contributed by atoms with Crippen molar-refractivity contribution in [2.24, 2.45) is 0 Å². The number of hydrogen-bond acceptors (Lipinski definition) is 4. The average Bonchev–Trinajstić information content (AvgIpc) is 3.37. The van der Waals surface area contributed by atoms with Gasteiger partial charge in [-0.2, -0.15) is 13.2 Å². The monoisotopic (exact) mass is 531 g/mol. The highest BCUT2D eigenvalue weighted by molar-refractivity contribution is 5.95. The summed E-state index contributed by atoms with van der Waals surface area (Å²) in [4.78, 5) is 47.5. The van der Waals surface area contributed by atoms with E-state index < -0.39 is 12.1 Å². The highest BCUT2D eigenvalue weighted by atomic mass is 19.4. The largest absolute Gasteiger partial charge is 0.490 e. The fourth-order valence-corrected chi connectivity index (χ4v) is 4.53. The van der Waals surface area contributed by atoms with Crippen LogP contribution in [0.2, 0.25) is 0 Å². The number of amides is 2. The van der Waals surface area contributed by atoms with E-state index in [1.807, 2.05) is 20.2 Å². The summed E-state index contributed by atoms with van der Waals surface area (Å²) in [5.41, 5.74) is 4.60. The maximum Gasteiger partial charge on any atom is 0.490 e. The number of carboxylic acids is 1. The summed E-state index contributed by atoms with van der Waals surface area (Å²) < 4.78 is 31.7. The van der Waals surface area contributed by atoms with Crippen molar-refractivity contribution in [1.29, 1.82) is 0 Å². The maximum absolute atomic E-state index is 12.8. The van der Waals surface area contributed by atoms with E-state index in [4.69, 9.17) is 16.5 Å². The molecule has 0 unspecified atom stereocenters. The van der Waals surface area contributed by atoms with E-state index in [2.05, 4.69) is 33.0 Å². The lowest BCUT2D eigenvalue weighted by atomic mass is 9.85. The van der Waals surface area contributed by atoms with Crippen molar-refractivity contribution in [3.63, 3.8) is 0 Å². The molecule has 1 fully saturated rings. The molecule has 2 aromatic rings. The molecule has 4 rings (SSSR count). The van der Waals surface area contributed by atoms with Gasteiger partial charge >= 0.3 is 18.2 Å². The number of allylic oxidation sites excluding steroid dienone is 2. The number of carbonyl (C=O) groups is 3. The second-order valence-corrected chi connectivity index (χ2v) is 9.26. The quantitative estimate of drug-likeness (QED) is 0.414. The van der Waals surface area contributed by atoms with Crippen LogP contribution in [0.4, 0.5) is 23.8 Å². The summed E-state index contributed by atoms with van der Waals surface area (Å²) in [5.74, 6) is -2.15. The van der Waals surface area contributed by atoms with E-state index in [-0.39, 0.29) is 35.8 Å². The summed E-state index contributed by atoms with van der Waals surface area (Å²) in [6.45, 7) is 8.43. The smallest absolute Gasteiger partial charge is 0.475 e. The number of aromatic nitrogens is 2. The van der Waals surface area contributed by atoms with Crippen molar-refractivity contribution in [2.75, 3.05) is 27.2 Å². The molecule has 1 aromatic heterocycles. The van der Waals surface area contributed by atoms with E-state index in [1.54, 1.807) is 9.80 Å². The first kappa shape index (κ1) is 28.4. The molecule has 0 spiro atoms. The van der Waals surface area contributed by atoms with Crippen LogP contribution in [0.25, 0.3) is 10.4 Å². The highest BCUT2D eigenvalue weighted by Gasteiger charge is 2.38. The molecule has 9 nitrogen and oxygen atoms in total. The van der Waals surface area contributed by atoms with Gasteiger partial charge in [-0.3, -0.25) is 9.78 Å². The van der Waals surface area contributed by atoms with E-state index in [1.165, 1.54) is 23.8 Å². The van der Waals surface area contributed by atoms with Crippen molar-refractivity contribution in [2.45, 2.75) is 44.2 Å². The second-order valence-electron chi connectivity index (χ2n) is 9.26. The lowest BCUT2D eigenvalue weighted by Crippen LogP contribution is -2.48. The van der Waals surface area contributed by atoms with Crippen LogP contribution in [0, 0.1) is 6.57 Å². The Bertz CT molecular complexity index is 1260. The Labute approximate surface area is 217 Å². The molecule has 2 N–H and O–H groups in total. The Morgan fingerprint density at radius 1 is 1.21 bits per heavy atom. The Morgan fingerprint density at radius 3 is 2.39 bits per heavy atom. The number of H-pyrrole nitrogens is 1. The molecule has 1 aliphatic heterocycles. The number of hydrogen-bond donors (Lipinski definition) is 2. The van der Waals surface area contributed by atoms with Crippen LogP contribution in [0.15, 0.2) is 30.5 Å². The van der Waals surface area contributed by atoms with Crippen molar-refractivity contribution < 1.29 is 32.7 Å². The van der Waals surface area contributed by atoms with Gasteiger partial charge in [0.15, 0.2) is 0 Å². The molecule has 202 valence electrons. The number of aliphatic carboxylic acids is 1. The number of Topliss-reactive ketones (excluding diaryl/α,β-unsaturated/α-hetero) is 1. The number of benzene rings is 1. The second kappa shape index (κ2) is 11.9. The zero-order valence-corrected chi connectivity index (χ0v) is 21.0. The van der Waals surface area contributed by atoms with Gasteiger partial charge in [-0.25, -0.2) is 14.6 Å². The third kappa shape index (κ3) is 7.00. The van der Waals surface area contributed by atoms with Crippen molar-refractivity contribution >= 4 is 29.2 Å². The van der Waals surface area contributed by atoms with Crippen LogP contribution in [0.1, 0.15) is 58.9 Å². The third-order valence-corrected chi connectivity index (χ3v) is 6.42. The molecule has 2 amide bonds. The van der Waals surface area contributed by atoms with Gasteiger partial charge < -0.3 is 19.8 Å². The van der Waals surface area contributed by atoms with Crippen LogP contribution >= 0.6 is 0 Å². The topological polar surface area (TPSA) is 111 Å². The average molecular weight is 532 g/mol. The SMILES string of the molecule is O=C(O)C(F)(F)F.[C-]#[N+]c1cnc(C(=O)Cc2ccc(C3CN(C)C(=O)N(C)C3)cc2C2=CCCCC2)[nH]1. The Morgan fingerprint density at radius 2 is 1.87 bits per heavy atom. The van der Waals surface area contributed by atoms with Gasteiger partial charge in [0.2, 0.25) is 17.4 Å². The summed E-state index contributed by atoms with van der Waals surface area (Å²) in [5, 5.41) is 7.12. The number of ketones is 1. The number of rotatable bonds is 5. The van der Waals surface area contributed by atoms with Crippen LogP contribution in [-0.4, -0.2) is 76.0 Å². The number of halogens is 3. The van der Waals surface area contributed by atoms with Gasteiger partial charge in [0, 0.05) is 39.5 Å². The molecular weight excluding hydrogens is 503 g/mol. The maximum atomic E-state index is 12.8. The fourth-order valence-electron chi connectivity index (χ4n) is 4.53. The third-order valence-electron chi connectivity index (χ3n) is 6.42. The number of imidazole rings is 1. The molecule has 2 heterocycles. The number of aromatic amines is 1. The zero-order chi connectivity index (χ0) is 28.0. The zero-order valence-electron chi connectivity index (χ0n) is 21.0. The number of nitrogens with zero attached hydrogens (tertiary/aromatic N) is 4. The van der Waals surface area contributed by atoms with Crippen molar-refractivity contribution in [1.82, 2.24) is 19.8 Å². The first-order chi connectivity index (χ1) is 17.9. The van der Waals surface area contributed by atoms with Gasteiger partial charge in [-0.15, -0.1) is 0 Å². The van der Waals surface area contributed by atoms with Gasteiger partial charge in [-0.1, -0.05) is 30.8 Å². The molecule has 38 heavy (non-hydrogen) atoms.